The van der Waals surface area contributed by atoms with Gasteiger partial charge in [-0.25, -0.2) is 0 Å². The normalized spacial score (nSPS) is 11.7. The third kappa shape index (κ3) is 3.64. The Labute approximate surface area is 145 Å². The van der Waals surface area contributed by atoms with Crippen LogP contribution in [0.3, 0.4) is 0 Å². The molecule has 0 saturated carbocycles. The minimum absolute atomic E-state index is 0.0897. The fourth-order valence-corrected chi connectivity index (χ4v) is 4.42. The van der Waals surface area contributed by atoms with Gasteiger partial charge in [-0.2, -0.15) is 0 Å². The number of aromatic nitrogens is 1. The van der Waals surface area contributed by atoms with Crippen LogP contribution < -0.4 is 4.16 Å². The maximum absolute atomic E-state index is 11.0. The second-order valence-electron chi connectivity index (χ2n) is 5.02. The zero-order chi connectivity index (χ0) is 17.2. The van der Waals surface area contributed by atoms with Crippen LogP contribution in [0.1, 0.15) is 0 Å². The van der Waals surface area contributed by atoms with Crippen molar-refractivity contribution in [3.05, 3.63) is 54.7 Å². The number of fused-ring (bicyclic) bond motifs is 1. The van der Waals surface area contributed by atoms with E-state index >= 15 is 0 Å². The summed E-state index contributed by atoms with van der Waals surface area (Å²) in [5, 5.41) is 14.7. The summed E-state index contributed by atoms with van der Waals surface area (Å²) in [6.07, 6.45) is 1.59. The molecule has 0 amide bonds. The molecule has 118 valence electrons. The molecule has 24 heavy (non-hydrogen) atoms. The monoisotopic (exact) mass is 393 g/mol. The van der Waals surface area contributed by atoms with Crippen molar-refractivity contribution in [2.24, 2.45) is 8.97 Å². The third-order valence-electron chi connectivity index (χ3n) is 3.38. The summed E-state index contributed by atoms with van der Waals surface area (Å²) in [5.74, 6) is 0.0897. The standard InChI is InChI=1S/C9H6N3O.C6H5O3S.Zn/c10-12-7-3-4-8(13)9-6(7)2-1-5-11-9;7-10(8,9)6-4-2-1-3-5-6;/h1-5,13H;2-5H,(H,7,8,9);/q-1;;+1. The molecule has 0 unspecified atom stereocenters. The van der Waals surface area contributed by atoms with Crippen LogP contribution in [-0.4, -0.2) is 23.1 Å². The Balaban J connectivity index is 1.81. The van der Waals surface area contributed by atoms with E-state index in [-0.39, 0.29) is 10.6 Å². The van der Waals surface area contributed by atoms with E-state index in [0.29, 0.717) is 16.6 Å². The molecule has 0 fully saturated rings. The van der Waals surface area contributed by atoms with Gasteiger partial charge in [-0.05, 0) is 0 Å². The van der Waals surface area contributed by atoms with Crippen molar-refractivity contribution in [3.63, 3.8) is 0 Å². The van der Waals surface area contributed by atoms with Crippen molar-refractivity contribution < 1.29 is 35.4 Å². The fourth-order valence-electron chi connectivity index (χ4n) is 2.19. The first-order chi connectivity index (χ1) is 11.4. The number of rotatable bonds is 4. The molecule has 0 bridgehead atoms. The van der Waals surface area contributed by atoms with Crippen molar-refractivity contribution in [1.29, 1.82) is 0 Å². The summed E-state index contributed by atoms with van der Waals surface area (Å²) in [7, 11) is -4.18. The van der Waals surface area contributed by atoms with Gasteiger partial charge >= 0.3 is 146 Å². The molecule has 0 saturated heterocycles. The Bertz CT molecular complexity index is 1020. The maximum atomic E-state index is 11.0. The van der Waals surface area contributed by atoms with Gasteiger partial charge in [0.25, 0.3) is 0 Å². The molecule has 2 N–H and O–H groups in total. The quantitative estimate of drug-likeness (QED) is 0.401. The van der Waals surface area contributed by atoms with E-state index in [2.05, 4.69) is 14.0 Å². The van der Waals surface area contributed by atoms with Crippen LogP contribution in [0.25, 0.3) is 10.9 Å². The average molecular weight is 395 g/mol. The fraction of sp³-hybridized carbons (Fsp3) is 0. The van der Waals surface area contributed by atoms with Crippen molar-refractivity contribution >= 4 is 30.9 Å². The summed E-state index contributed by atoms with van der Waals surface area (Å²) in [6, 6.07) is 12.7. The van der Waals surface area contributed by atoms with Gasteiger partial charge < -0.3 is 0 Å². The van der Waals surface area contributed by atoms with Crippen LogP contribution in [0, 0.1) is 0 Å². The second-order valence-corrected chi connectivity index (χ2v) is 9.41. The number of phenolic OH excluding ortho intramolecular Hbond substituents is 1. The molecule has 9 heteroatoms. The van der Waals surface area contributed by atoms with Crippen LogP contribution in [0.15, 0.2) is 68.6 Å². The van der Waals surface area contributed by atoms with Gasteiger partial charge in [-0.3, -0.25) is 0 Å². The Kier molecular flexibility index (Phi) is 4.66. The predicted molar refractivity (Wildman–Crippen MR) is 83.8 cm³/mol. The molecule has 0 aliphatic heterocycles. The van der Waals surface area contributed by atoms with E-state index in [4.69, 9.17) is 4.55 Å². The second kappa shape index (κ2) is 6.72. The van der Waals surface area contributed by atoms with Crippen LogP contribution in [0.4, 0.5) is 5.69 Å². The van der Waals surface area contributed by atoms with Gasteiger partial charge in [0.05, 0.1) is 0 Å². The summed E-state index contributed by atoms with van der Waals surface area (Å²) in [4.78, 5) is 3.99. The molecule has 0 aliphatic carbocycles. The molecular formula is C15H11N3O4SZn. The van der Waals surface area contributed by atoms with Crippen LogP contribution in [0.5, 0.6) is 5.75 Å². The topological polar surface area (TPSA) is 112 Å². The van der Waals surface area contributed by atoms with Crippen LogP contribution >= 0.6 is 0 Å². The first kappa shape index (κ1) is 16.6. The molecule has 3 aromatic rings. The summed E-state index contributed by atoms with van der Waals surface area (Å²) >= 11 is -1.56. The minimum atomic E-state index is -4.18. The molecule has 1 heterocycles. The number of hydrogen-bond acceptors (Lipinski definition) is 6. The Hall–Kier alpha value is -2.22. The summed E-state index contributed by atoms with van der Waals surface area (Å²) < 4.78 is 36.1. The van der Waals surface area contributed by atoms with Gasteiger partial charge in [-0.1, -0.05) is 0 Å². The Morgan fingerprint density at radius 1 is 1.04 bits per heavy atom. The molecule has 0 atom stereocenters. The van der Waals surface area contributed by atoms with E-state index in [9.17, 15) is 13.5 Å². The molecule has 2 aromatic carbocycles. The summed E-state index contributed by atoms with van der Waals surface area (Å²) in [6.45, 7) is 0. The molecule has 1 aromatic heterocycles. The first-order valence-corrected chi connectivity index (χ1v) is 11.2. The zero-order valence-electron chi connectivity index (χ0n) is 12.4. The Morgan fingerprint density at radius 2 is 1.79 bits per heavy atom. The van der Waals surface area contributed by atoms with Crippen molar-refractivity contribution in [1.82, 2.24) is 4.98 Å². The first-order valence-electron chi connectivity index (χ1n) is 6.96. The average Bonchev–Trinajstić information content (AvgIpc) is 2.57. The van der Waals surface area contributed by atoms with Crippen molar-refractivity contribution in [2.75, 3.05) is 0 Å². The van der Waals surface area contributed by atoms with Gasteiger partial charge in [-0.15, -0.1) is 0 Å². The SMILES string of the molecule is O=S(=O)(O)c1cc[c]([Zn][N]=Nc2ccc(O)c3ncccc23)cc1. The molecule has 0 aliphatic rings. The van der Waals surface area contributed by atoms with Crippen molar-refractivity contribution in [2.45, 2.75) is 4.90 Å². The number of aromatic hydroxyl groups is 1. The van der Waals surface area contributed by atoms with Crippen molar-refractivity contribution in [3.8, 4) is 5.75 Å². The van der Waals surface area contributed by atoms with Gasteiger partial charge in [0.1, 0.15) is 0 Å². The van der Waals surface area contributed by atoms with E-state index in [1.165, 1.54) is 18.2 Å². The predicted octanol–water partition coefficient (Wildman–Crippen LogP) is 2.59. The van der Waals surface area contributed by atoms with E-state index in [1.54, 1.807) is 30.5 Å². The van der Waals surface area contributed by atoms with E-state index < -0.39 is 27.5 Å². The summed E-state index contributed by atoms with van der Waals surface area (Å²) in [5.41, 5.74) is 1.09. The number of hydrogen-bond donors (Lipinski definition) is 2. The number of phenols is 1. The number of pyridine rings is 1. The molecular weight excluding hydrogens is 384 g/mol. The third-order valence-corrected chi connectivity index (χ3v) is 6.59. The molecule has 0 spiro atoms. The van der Waals surface area contributed by atoms with E-state index in [0.717, 1.165) is 4.16 Å². The van der Waals surface area contributed by atoms with Gasteiger partial charge in [0.2, 0.25) is 0 Å². The van der Waals surface area contributed by atoms with E-state index in [1.807, 2.05) is 6.07 Å². The van der Waals surface area contributed by atoms with Gasteiger partial charge in [0.15, 0.2) is 0 Å². The molecule has 3 rings (SSSR count). The number of nitrogens with zero attached hydrogens (tertiary/aromatic N) is 3. The van der Waals surface area contributed by atoms with Gasteiger partial charge in [0, 0.05) is 0 Å². The van der Waals surface area contributed by atoms with Crippen LogP contribution in [-0.2, 0) is 27.5 Å². The van der Waals surface area contributed by atoms with Crippen LogP contribution in [0.2, 0.25) is 0 Å². The Morgan fingerprint density at radius 3 is 2.50 bits per heavy atom. The number of benzene rings is 2. The molecule has 0 radical (unpaired) electrons. The molecule has 7 nitrogen and oxygen atoms in total. The zero-order valence-corrected chi connectivity index (χ0v) is 16.1.